The standard InChI is InChI=1S/C29H20FN3O3S/c30-20-11-13-21(14-12-20)31-25-26(29(36)33(28(25)35)23-9-5-2-6-10-23)37-24-17-15-22(16-18-24)32-27(34)19-7-3-1-4-8-19/h1-18,31H,(H,32,34). The van der Waals surface area contributed by atoms with Crippen molar-refractivity contribution in [2.75, 3.05) is 15.5 Å². The summed E-state index contributed by atoms with van der Waals surface area (Å²) in [6.07, 6.45) is 0. The van der Waals surface area contributed by atoms with E-state index in [0.717, 1.165) is 16.7 Å². The number of nitrogens with one attached hydrogen (secondary N) is 2. The van der Waals surface area contributed by atoms with E-state index in [1.807, 2.05) is 6.07 Å². The molecule has 1 aliphatic heterocycles. The molecule has 6 nitrogen and oxygen atoms in total. The van der Waals surface area contributed by atoms with E-state index < -0.39 is 17.6 Å². The lowest BCUT2D eigenvalue weighted by molar-refractivity contribution is -0.120. The number of halogens is 1. The normalized spacial score (nSPS) is 13.2. The van der Waals surface area contributed by atoms with Crippen molar-refractivity contribution in [3.05, 3.63) is 131 Å². The van der Waals surface area contributed by atoms with Crippen molar-refractivity contribution in [2.45, 2.75) is 4.90 Å². The topological polar surface area (TPSA) is 78.5 Å². The fourth-order valence-corrected chi connectivity index (χ4v) is 4.65. The van der Waals surface area contributed by atoms with Crippen LogP contribution in [-0.4, -0.2) is 17.7 Å². The molecule has 1 aliphatic rings. The fraction of sp³-hybridized carbons (Fsp3) is 0. The van der Waals surface area contributed by atoms with Crippen LogP contribution < -0.4 is 15.5 Å². The zero-order valence-corrected chi connectivity index (χ0v) is 20.2. The second kappa shape index (κ2) is 10.5. The summed E-state index contributed by atoms with van der Waals surface area (Å²) in [5, 5.41) is 5.83. The van der Waals surface area contributed by atoms with E-state index in [-0.39, 0.29) is 16.5 Å². The number of amides is 3. The SMILES string of the molecule is O=C(Nc1ccc(SC2=C(Nc3ccc(F)cc3)C(=O)N(c3ccccc3)C2=O)cc1)c1ccccc1. The van der Waals surface area contributed by atoms with Crippen LogP contribution in [0, 0.1) is 5.82 Å². The van der Waals surface area contributed by atoms with Crippen molar-refractivity contribution in [1.82, 2.24) is 0 Å². The zero-order chi connectivity index (χ0) is 25.8. The third-order valence-corrected chi connectivity index (χ3v) is 6.63. The molecular formula is C29H20FN3O3S. The average molecular weight is 510 g/mol. The van der Waals surface area contributed by atoms with Gasteiger partial charge < -0.3 is 10.6 Å². The molecule has 1 heterocycles. The van der Waals surface area contributed by atoms with Crippen LogP contribution in [0.25, 0.3) is 0 Å². The van der Waals surface area contributed by atoms with Gasteiger partial charge in [-0.25, -0.2) is 9.29 Å². The Bertz CT molecular complexity index is 1490. The van der Waals surface area contributed by atoms with Gasteiger partial charge >= 0.3 is 0 Å². The molecule has 4 aromatic carbocycles. The Morgan fingerprint density at radius 2 is 1.30 bits per heavy atom. The maximum atomic E-state index is 13.4. The lowest BCUT2D eigenvalue weighted by atomic mass is 10.2. The Morgan fingerprint density at radius 1 is 0.703 bits per heavy atom. The smallest absolute Gasteiger partial charge is 0.283 e. The van der Waals surface area contributed by atoms with Crippen molar-refractivity contribution in [2.24, 2.45) is 0 Å². The molecule has 0 unspecified atom stereocenters. The lowest BCUT2D eigenvalue weighted by Crippen LogP contribution is -2.32. The predicted molar refractivity (Wildman–Crippen MR) is 143 cm³/mol. The van der Waals surface area contributed by atoms with Gasteiger partial charge in [-0.2, -0.15) is 0 Å². The minimum absolute atomic E-state index is 0.104. The number of anilines is 3. The van der Waals surface area contributed by atoms with Gasteiger partial charge in [0.25, 0.3) is 17.7 Å². The van der Waals surface area contributed by atoms with Crippen molar-refractivity contribution in [3.63, 3.8) is 0 Å². The van der Waals surface area contributed by atoms with Gasteiger partial charge in [-0.3, -0.25) is 14.4 Å². The van der Waals surface area contributed by atoms with E-state index in [0.29, 0.717) is 27.5 Å². The molecule has 0 atom stereocenters. The van der Waals surface area contributed by atoms with Crippen molar-refractivity contribution >= 4 is 46.5 Å². The maximum Gasteiger partial charge on any atom is 0.283 e. The number of carbonyl (C=O) groups is 3. The summed E-state index contributed by atoms with van der Waals surface area (Å²) < 4.78 is 13.4. The molecule has 182 valence electrons. The fourth-order valence-electron chi connectivity index (χ4n) is 3.72. The summed E-state index contributed by atoms with van der Waals surface area (Å²) in [5.41, 5.74) is 2.16. The van der Waals surface area contributed by atoms with Gasteiger partial charge in [-0.15, -0.1) is 0 Å². The third kappa shape index (κ3) is 5.29. The first-order chi connectivity index (χ1) is 18.0. The average Bonchev–Trinajstić information content (AvgIpc) is 3.15. The van der Waals surface area contributed by atoms with Crippen molar-refractivity contribution in [3.8, 4) is 0 Å². The summed E-state index contributed by atoms with van der Waals surface area (Å²) >= 11 is 1.13. The zero-order valence-electron chi connectivity index (χ0n) is 19.4. The van der Waals surface area contributed by atoms with Crippen LogP contribution in [0.2, 0.25) is 0 Å². The van der Waals surface area contributed by atoms with E-state index in [1.54, 1.807) is 78.9 Å². The van der Waals surface area contributed by atoms with Crippen LogP contribution in [0.1, 0.15) is 10.4 Å². The molecule has 37 heavy (non-hydrogen) atoms. The first kappa shape index (κ1) is 24.0. The predicted octanol–water partition coefficient (Wildman–Crippen LogP) is 6.07. The number of nitrogens with zero attached hydrogens (tertiary/aromatic N) is 1. The Morgan fingerprint density at radius 3 is 1.95 bits per heavy atom. The summed E-state index contributed by atoms with van der Waals surface area (Å²) in [5.74, 6) is -1.61. The number of para-hydroxylation sites is 1. The van der Waals surface area contributed by atoms with Crippen LogP contribution >= 0.6 is 11.8 Å². The highest BCUT2D eigenvalue weighted by Crippen LogP contribution is 2.38. The summed E-state index contributed by atoms with van der Waals surface area (Å²) in [6.45, 7) is 0. The molecule has 2 N–H and O–H groups in total. The molecule has 4 aromatic rings. The van der Waals surface area contributed by atoms with Crippen LogP contribution in [0.5, 0.6) is 0 Å². The minimum Gasteiger partial charge on any atom is -0.350 e. The van der Waals surface area contributed by atoms with Crippen LogP contribution in [0.15, 0.2) is 125 Å². The Kier molecular flexibility index (Phi) is 6.83. The van der Waals surface area contributed by atoms with Gasteiger partial charge in [-0.1, -0.05) is 48.2 Å². The lowest BCUT2D eigenvalue weighted by Gasteiger charge is -2.15. The van der Waals surface area contributed by atoms with E-state index in [9.17, 15) is 18.8 Å². The molecule has 0 fully saturated rings. The number of hydrogen-bond donors (Lipinski definition) is 2. The van der Waals surface area contributed by atoms with Gasteiger partial charge in [0.1, 0.15) is 16.4 Å². The second-order valence-electron chi connectivity index (χ2n) is 8.06. The summed E-state index contributed by atoms with van der Waals surface area (Å²) in [7, 11) is 0. The van der Waals surface area contributed by atoms with Crippen LogP contribution in [-0.2, 0) is 9.59 Å². The van der Waals surface area contributed by atoms with Gasteiger partial charge in [0.05, 0.1) is 5.69 Å². The number of hydrogen-bond acceptors (Lipinski definition) is 5. The number of thioether (sulfide) groups is 1. The highest BCUT2D eigenvalue weighted by atomic mass is 32.2. The Labute approximate surface area is 216 Å². The molecule has 0 spiro atoms. The molecule has 0 aliphatic carbocycles. The quantitative estimate of drug-likeness (QED) is 0.296. The molecule has 3 amide bonds. The highest BCUT2D eigenvalue weighted by Gasteiger charge is 2.40. The molecule has 0 bridgehead atoms. The highest BCUT2D eigenvalue weighted by molar-refractivity contribution is 8.04. The number of imide groups is 1. The Hall–Kier alpha value is -4.69. The number of carbonyl (C=O) groups excluding carboxylic acids is 3. The van der Waals surface area contributed by atoms with E-state index in [1.165, 1.54) is 24.3 Å². The van der Waals surface area contributed by atoms with E-state index in [4.69, 9.17) is 0 Å². The molecule has 0 saturated carbocycles. The molecule has 5 rings (SSSR count). The first-order valence-corrected chi connectivity index (χ1v) is 12.2. The monoisotopic (exact) mass is 509 g/mol. The van der Waals surface area contributed by atoms with E-state index >= 15 is 0 Å². The van der Waals surface area contributed by atoms with Gasteiger partial charge in [0, 0.05) is 21.8 Å². The minimum atomic E-state index is -0.505. The van der Waals surface area contributed by atoms with Crippen molar-refractivity contribution in [1.29, 1.82) is 0 Å². The largest absolute Gasteiger partial charge is 0.350 e. The summed E-state index contributed by atoms with van der Waals surface area (Å²) in [4.78, 5) is 41.2. The van der Waals surface area contributed by atoms with Gasteiger partial charge in [0.15, 0.2) is 0 Å². The summed E-state index contributed by atoms with van der Waals surface area (Å²) in [6, 6.07) is 30.0. The third-order valence-electron chi connectivity index (χ3n) is 5.54. The van der Waals surface area contributed by atoms with Crippen molar-refractivity contribution < 1.29 is 18.8 Å². The van der Waals surface area contributed by atoms with E-state index in [2.05, 4.69) is 10.6 Å². The first-order valence-electron chi connectivity index (χ1n) is 11.3. The molecule has 0 aromatic heterocycles. The molecular weight excluding hydrogens is 489 g/mol. The van der Waals surface area contributed by atoms with Gasteiger partial charge in [-0.05, 0) is 72.8 Å². The number of rotatable bonds is 7. The number of benzene rings is 4. The molecule has 0 saturated heterocycles. The van der Waals surface area contributed by atoms with Crippen LogP contribution in [0.3, 0.4) is 0 Å². The van der Waals surface area contributed by atoms with Crippen LogP contribution in [0.4, 0.5) is 21.5 Å². The molecule has 8 heteroatoms. The Balaban J connectivity index is 1.40. The maximum absolute atomic E-state index is 13.4. The second-order valence-corrected chi connectivity index (χ2v) is 9.15. The van der Waals surface area contributed by atoms with Gasteiger partial charge in [0.2, 0.25) is 0 Å². The molecule has 0 radical (unpaired) electrons.